The number of benzene rings is 1. The summed E-state index contributed by atoms with van der Waals surface area (Å²) in [5.41, 5.74) is 0.825. The molecule has 0 spiro atoms. The molecule has 1 aliphatic rings. The molecule has 130 valence electrons. The molecule has 1 aromatic carbocycles. The minimum atomic E-state index is -0.342. The number of thioether (sulfide) groups is 1. The molecule has 0 aliphatic carbocycles. The number of carbonyl (C=O) groups is 2. The highest BCUT2D eigenvalue weighted by Gasteiger charge is 2.41. The van der Waals surface area contributed by atoms with E-state index in [1.807, 2.05) is 6.07 Å². The first-order chi connectivity index (χ1) is 11.9. The summed E-state index contributed by atoms with van der Waals surface area (Å²) in [7, 11) is 0. The van der Waals surface area contributed by atoms with Crippen LogP contribution in [0.2, 0.25) is 10.0 Å². The van der Waals surface area contributed by atoms with Crippen molar-refractivity contribution in [3.8, 4) is 0 Å². The van der Waals surface area contributed by atoms with Gasteiger partial charge in [0, 0.05) is 16.6 Å². The summed E-state index contributed by atoms with van der Waals surface area (Å²) >= 11 is 13.5. The average Bonchev–Trinajstić information content (AvgIpc) is 3.12. The Morgan fingerprint density at radius 3 is 2.52 bits per heavy atom. The first-order valence-electron chi connectivity index (χ1n) is 7.63. The van der Waals surface area contributed by atoms with E-state index in [2.05, 4.69) is 0 Å². The van der Waals surface area contributed by atoms with Crippen molar-refractivity contribution in [3.05, 3.63) is 62.9 Å². The molecule has 0 atom stereocenters. The predicted octanol–water partition coefficient (Wildman–Crippen LogP) is 5.01. The predicted molar refractivity (Wildman–Crippen MR) is 100 cm³/mol. The van der Waals surface area contributed by atoms with Crippen molar-refractivity contribution < 1.29 is 14.0 Å². The monoisotopic (exact) mass is 395 g/mol. The second kappa shape index (κ2) is 7.28. The second-order valence-electron chi connectivity index (χ2n) is 5.77. The van der Waals surface area contributed by atoms with Gasteiger partial charge in [-0.25, -0.2) is 0 Å². The molecule has 7 heteroatoms. The number of furan rings is 1. The summed E-state index contributed by atoms with van der Waals surface area (Å²) in [6.07, 6.45) is 1.57. The zero-order valence-corrected chi connectivity index (χ0v) is 15.9. The fourth-order valence-electron chi connectivity index (χ4n) is 2.60. The Balaban J connectivity index is 2.05. The molecule has 4 nitrogen and oxygen atoms in total. The summed E-state index contributed by atoms with van der Waals surface area (Å²) < 4.78 is 5.31. The number of carbonyl (C=O) groups excluding carboxylic acids is 2. The molecule has 2 heterocycles. The standard InChI is InChI=1S/C18H15Cl2NO3S/c1-10(2)21-17(22)15(13-6-5-11(19)8-14(13)20)16(18(21)23)25-9-12-4-3-7-24-12/h3-8,10H,9H2,1-2H3. The summed E-state index contributed by atoms with van der Waals surface area (Å²) in [4.78, 5) is 27.3. The van der Waals surface area contributed by atoms with Gasteiger partial charge >= 0.3 is 0 Å². The van der Waals surface area contributed by atoms with Crippen LogP contribution in [0.5, 0.6) is 0 Å². The topological polar surface area (TPSA) is 50.5 Å². The van der Waals surface area contributed by atoms with E-state index in [1.165, 1.54) is 16.7 Å². The highest BCUT2D eigenvalue weighted by molar-refractivity contribution is 8.03. The average molecular weight is 396 g/mol. The normalized spacial score (nSPS) is 15.0. The Kier molecular flexibility index (Phi) is 5.27. The van der Waals surface area contributed by atoms with Gasteiger partial charge in [0.2, 0.25) is 0 Å². The van der Waals surface area contributed by atoms with Crippen molar-refractivity contribution in [1.29, 1.82) is 0 Å². The van der Waals surface area contributed by atoms with Crippen molar-refractivity contribution in [2.45, 2.75) is 25.6 Å². The highest BCUT2D eigenvalue weighted by atomic mass is 35.5. The maximum atomic E-state index is 12.9. The van der Waals surface area contributed by atoms with Crippen LogP contribution in [0.15, 0.2) is 45.9 Å². The van der Waals surface area contributed by atoms with E-state index in [9.17, 15) is 9.59 Å². The summed E-state index contributed by atoms with van der Waals surface area (Å²) in [5.74, 6) is 0.521. The van der Waals surface area contributed by atoms with Crippen molar-refractivity contribution in [2.75, 3.05) is 0 Å². The van der Waals surface area contributed by atoms with Gasteiger partial charge in [-0.05, 0) is 38.1 Å². The second-order valence-corrected chi connectivity index (χ2v) is 7.60. The van der Waals surface area contributed by atoms with Crippen LogP contribution in [0.25, 0.3) is 5.57 Å². The van der Waals surface area contributed by atoms with Gasteiger partial charge in [0.15, 0.2) is 0 Å². The van der Waals surface area contributed by atoms with E-state index in [1.54, 1.807) is 44.4 Å². The molecule has 0 saturated carbocycles. The van der Waals surface area contributed by atoms with Gasteiger partial charge in [-0.3, -0.25) is 14.5 Å². The number of nitrogens with zero attached hydrogens (tertiary/aromatic N) is 1. The van der Waals surface area contributed by atoms with Crippen LogP contribution in [-0.2, 0) is 15.3 Å². The van der Waals surface area contributed by atoms with Crippen LogP contribution < -0.4 is 0 Å². The summed E-state index contributed by atoms with van der Waals surface area (Å²) in [6.45, 7) is 3.61. The lowest BCUT2D eigenvalue weighted by Gasteiger charge is -2.19. The van der Waals surface area contributed by atoms with Crippen LogP contribution in [0.4, 0.5) is 0 Å². The number of hydrogen-bond acceptors (Lipinski definition) is 4. The molecule has 0 bridgehead atoms. The van der Waals surface area contributed by atoms with Crippen LogP contribution in [0, 0.1) is 0 Å². The van der Waals surface area contributed by atoms with E-state index in [0.29, 0.717) is 31.8 Å². The zero-order chi connectivity index (χ0) is 18.1. The third-order valence-corrected chi connectivity index (χ3v) is 5.37. The lowest BCUT2D eigenvalue weighted by molar-refractivity contribution is -0.138. The van der Waals surface area contributed by atoms with E-state index in [-0.39, 0.29) is 17.9 Å². The molecule has 0 radical (unpaired) electrons. The van der Waals surface area contributed by atoms with Crippen molar-refractivity contribution in [3.63, 3.8) is 0 Å². The van der Waals surface area contributed by atoms with Gasteiger partial charge in [0.1, 0.15) is 5.76 Å². The molecule has 3 rings (SSSR count). The number of amides is 2. The molecule has 1 aromatic heterocycles. The van der Waals surface area contributed by atoms with Gasteiger partial charge in [0.05, 0.1) is 27.5 Å². The van der Waals surface area contributed by atoms with Crippen molar-refractivity contribution in [1.82, 2.24) is 4.90 Å². The van der Waals surface area contributed by atoms with Crippen LogP contribution in [-0.4, -0.2) is 22.8 Å². The molecule has 25 heavy (non-hydrogen) atoms. The molecule has 0 saturated heterocycles. The molecular weight excluding hydrogens is 381 g/mol. The quantitative estimate of drug-likeness (QED) is 0.667. The van der Waals surface area contributed by atoms with Gasteiger partial charge in [-0.2, -0.15) is 0 Å². The third kappa shape index (κ3) is 3.50. The number of imide groups is 1. The molecule has 2 amide bonds. The number of halogens is 2. The molecule has 0 fully saturated rings. The Labute approximate surface area is 159 Å². The Bertz CT molecular complexity index is 859. The molecule has 1 aliphatic heterocycles. The molecule has 2 aromatic rings. The number of rotatable bonds is 5. The van der Waals surface area contributed by atoms with Crippen LogP contribution in [0.3, 0.4) is 0 Å². The molecule has 0 unspecified atom stereocenters. The zero-order valence-electron chi connectivity index (χ0n) is 13.6. The maximum absolute atomic E-state index is 12.9. The summed E-state index contributed by atoms with van der Waals surface area (Å²) in [5, 5.41) is 0.807. The summed E-state index contributed by atoms with van der Waals surface area (Å²) in [6, 6.07) is 8.24. The lowest BCUT2D eigenvalue weighted by Crippen LogP contribution is -2.37. The smallest absolute Gasteiger partial charge is 0.268 e. The van der Waals surface area contributed by atoms with Crippen LogP contribution >= 0.6 is 35.0 Å². The third-order valence-electron chi connectivity index (χ3n) is 3.73. The van der Waals surface area contributed by atoms with Gasteiger partial charge < -0.3 is 4.42 Å². The van der Waals surface area contributed by atoms with E-state index < -0.39 is 0 Å². The maximum Gasteiger partial charge on any atom is 0.268 e. The number of hydrogen-bond donors (Lipinski definition) is 0. The SMILES string of the molecule is CC(C)N1C(=O)C(SCc2ccco2)=C(c2ccc(Cl)cc2Cl)C1=O. The first-order valence-corrected chi connectivity index (χ1v) is 9.37. The van der Waals surface area contributed by atoms with Crippen molar-refractivity contribution >= 4 is 52.4 Å². The fourth-order valence-corrected chi connectivity index (χ4v) is 4.11. The van der Waals surface area contributed by atoms with E-state index in [0.717, 1.165) is 5.76 Å². The Morgan fingerprint density at radius 2 is 1.92 bits per heavy atom. The van der Waals surface area contributed by atoms with E-state index >= 15 is 0 Å². The molecule has 0 N–H and O–H groups in total. The minimum Gasteiger partial charge on any atom is -0.468 e. The Morgan fingerprint density at radius 1 is 1.16 bits per heavy atom. The van der Waals surface area contributed by atoms with Gasteiger partial charge in [-0.15, -0.1) is 11.8 Å². The van der Waals surface area contributed by atoms with Crippen molar-refractivity contribution in [2.24, 2.45) is 0 Å². The fraction of sp³-hybridized carbons (Fsp3) is 0.222. The van der Waals surface area contributed by atoms with E-state index in [4.69, 9.17) is 27.6 Å². The lowest BCUT2D eigenvalue weighted by atomic mass is 10.1. The van der Waals surface area contributed by atoms with Gasteiger partial charge in [0.25, 0.3) is 11.8 Å². The van der Waals surface area contributed by atoms with Gasteiger partial charge in [-0.1, -0.05) is 29.3 Å². The first kappa shape index (κ1) is 18.1. The Hall–Kier alpha value is -1.69. The largest absolute Gasteiger partial charge is 0.468 e. The molecular formula is C18H15Cl2NO3S. The highest BCUT2D eigenvalue weighted by Crippen LogP contribution is 2.40. The van der Waals surface area contributed by atoms with Crippen LogP contribution in [0.1, 0.15) is 25.2 Å². The minimum absolute atomic E-state index is 0.247.